The number of aromatic nitrogens is 1. The fourth-order valence-corrected chi connectivity index (χ4v) is 7.74. The molecule has 7 nitrogen and oxygen atoms in total. The number of aryl methyl sites for hydroxylation is 2. The van der Waals surface area contributed by atoms with Gasteiger partial charge in [0.25, 0.3) is 5.91 Å². The van der Waals surface area contributed by atoms with Gasteiger partial charge in [-0.15, -0.1) is 0 Å². The fourth-order valence-electron chi connectivity index (χ4n) is 4.78. The molecular formula is C28H38N4O3S2. The summed E-state index contributed by atoms with van der Waals surface area (Å²) in [5, 5.41) is 0.998. The minimum absolute atomic E-state index is 0.0689. The molecule has 1 aliphatic heterocycles. The SMILES string of the molecule is Cc1cc(C)c2nc(N3CCN(C(=O)c4ccc(S(=O)(=O)N(CC(C)C)CC(C)C)cc4)CC3)sc2c1. The normalized spacial score (nSPS) is 14.9. The number of hydrogen-bond acceptors (Lipinski definition) is 6. The van der Waals surface area contributed by atoms with E-state index in [1.165, 1.54) is 15.8 Å². The van der Waals surface area contributed by atoms with Crippen LogP contribution in [-0.4, -0.2) is 67.8 Å². The average Bonchev–Trinajstić information content (AvgIpc) is 3.27. The minimum Gasteiger partial charge on any atom is -0.345 e. The first-order valence-electron chi connectivity index (χ1n) is 13.0. The topological polar surface area (TPSA) is 73.8 Å². The van der Waals surface area contributed by atoms with E-state index in [0.717, 1.165) is 23.7 Å². The van der Waals surface area contributed by atoms with Crippen molar-refractivity contribution >= 4 is 42.6 Å². The Kier molecular flexibility index (Phi) is 8.26. The Morgan fingerprint density at radius 2 is 1.57 bits per heavy atom. The molecule has 200 valence electrons. The number of thiazole rings is 1. The summed E-state index contributed by atoms with van der Waals surface area (Å²) in [7, 11) is -3.62. The van der Waals surface area contributed by atoms with Crippen LogP contribution in [0.5, 0.6) is 0 Å². The van der Waals surface area contributed by atoms with Gasteiger partial charge in [-0.2, -0.15) is 4.31 Å². The van der Waals surface area contributed by atoms with Gasteiger partial charge in [-0.3, -0.25) is 4.79 Å². The Bertz CT molecular complexity index is 1350. The van der Waals surface area contributed by atoms with Crippen molar-refractivity contribution in [1.29, 1.82) is 0 Å². The van der Waals surface area contributed by atoms with Crippen molar-refractivity contribution < 1.29 is 13.2 Å². The molecule has 3 aromatic rings. The molecule has 4 rings (SSSR count). The van der Waals surface area contributed by atoms with Crippen LogP contribution in [0.3, 0.4) is 0 Å². The lowest BCUT2D eigenvalue weighted by molar-refractivity contribution is 0.0746. The molecule has 0 radical (unpaired) electrons. The third kappa shape index (κ3) is 6.16. The molecule has 2 heterocycles. The van der Waals surface area contributed by atoms with E-state index in [1.54, 1.807) is 39.9 Å². The second kappa shape index (κ2) is 11.1. The molecular weight excluding hydrogens is 504 g/mol. The molecule has 1 aromatic heterocycles. The summed E-state index contributed by atoms with van der Waals surface area (Å²) in [6, 6.07) is 10.8. The molecule has 1 amide bonds. The minimum atomic E-state index is -3.62. The predicted molar refractivity (Wildman–Crippen MR) is 152 cm³/mol. The van der Waals surface area contributed by atoms with Gasteiger partial charge in [0.1, 0.15) is 0 Å². The smallest absolute Gasteiger partial charge is 0.253 e. The van der Waals surface area contributed by atoms with Crippen LogP contribution in [0.2, 0.25) is 0 Å². The molecule has 0 saturated carbocycles. The lowest BCUT2D eigenvalue weighted by Gasteiger charge is -2.34. The Hall–Kier alpha value is -2.49. The van der Waals surface area contributed by atoms with Crippen LogP contribution in [0.1, 0.15) is 49.2 Å². The highest BCUT2D eigenvalue weighted by Crippen LogP contribution is 2.32. The van der Waals surface area contributed by atoms with Gasteiger partial charge in [0.15, 0.2) is 5.13 Å². The van der Waals surface area contributed by atoms with Crippen molar-refractivity contribution in [2.75, 3.05) is 44.2 Å². The van der Waals surface area contributed by atoms with Gasteiger partial charge < -0.3 is 9.80 Å². The summed E-state index contributed by atoms with van der Waals surface area (Å²) in [5.74, 6) is 0.383. The van der Waals surface area contributed by atoms with Gasteiger partial charge >= 0.3 is 0 Å². The summed E-state index contributed by atoms with van der Waals surface area (Å²) in [6.45, 7) is 15.8. The van der Waals surface area contributed by atoms with Crippen LogP contribution >= 0.6 is 11.3 Å². The van der Waals surface area contributed by atoms with Crippen LogP contribution in [0, 0.1) is 25.7 Å². The Labute approximate surface area is 225 Å². The van der Waals surface area contributed by atoms with E-state index in [9.17, 15) is 13.2 Å². The number of piperazine rings is 1. The van der Waals surface area contributed by atoms with Crippen molar-refractivity contribution in [2.24, 2.45) is 11.8 Å². The molecule has 1 fully saturated rings. The van der Waals surface area contributed by atoms with Crippen LogP contribution in [-0.2, 0) is 10.0 Å². The van der Waals surface area contributed by atoms with Crippen molar-refractivity contribution in [1.82, 2.24) is 14.2 Å². The van der Waals surface area contributed by atoms with Gasteiger partial charge in [0, 0.05) is 44.8 Å². The molecule has 2 aromatic carbocycles. The van der Waals surface area contributed by atoms with Gasteiger partial charge in [0.2, 0.25) is 10.0 Å². The number of amides is 1. The van der Waals surface area contributed by atoms with E-state index < -0.39 is 10.0 Å². The van der Waals surface area contributed by atoms with E-state index in [1.807, 2.05) is 32.6 Å². The number of benzene rings is 2. The third-order valence-corrected chi connectivity index (χ3v) is 9.44. The molecule has 37 heavy (non-hydrogen) atoms. The number of sulfonamides is 1. The lowest BCUT2D eigenvalue weighted by Crippen LogP contribution is -2.48. The molecule has 0 N–H and O–H groups in total. The fraction of sp³-hybridized carbons (Fsp3) is 0.500. The largest absolute Gasteiger partial charge is 0.345 e. The van der Waals surface area contributed by atoms with E-state index in [0.29, 0.717) is 31.7 Å². The predicted octanol–water partition coefficient (Wildman–Crippen LogP) is 5.18. The van der Waals surface area contributed by atoms with Crippen LogP contribution in [0.4, 0.5) is 5.13 Å². The van der Waals surface area contributed by atoms with Crippen molar-refractivity contribution in [3.63, 3.8) is 0 Å². The van der Waals surface area contributed by atoms with Crippen molar-refractivity contribution in [3.8, 4) is 0 Å². The summed E-state index contributed by atoms with van der Waals surface area (Å²) >= 11 is 1.70. The number of nitrogens with zero attached hydrogens (tertiary/aromatic N) is 4. The number of carbonyl (C=O) groups is 1. The maximum atomic E-state index is 13.3. The Morgan fingerprint density at radius 1 is 0.973 bits per heavy atom. The van der Waals surface area contributed by atoms with E-state index in [4.69, 9.17) is 4.98 Å². The van der Waals surface area contributed by atoms with E-state index >= 15 is 0 Å². The van der Waals surface area contributed by atoms with E-state index in [2.05, 4.69) is 30.9 Å². The number of carbonyl (C=O) groups excluding carboxylic acids is 1. The first kappa shape index (κ1) is 27.5. The number of fused-ring (bicyclic) bond motifs is 1. The third-order valence-electron chi connectivity index (χ3n) is 6.53. The van der Waals surface area contributed by atoms with Crippen molar-refractivity contribution in [3.05, 3.63) is 53.1 Å². The zero-order valence-electron chi connectivity index (χ0n) is 22.7. The summed E-state index contributed by atoms with van der Waals surface area (Å²) in [4.78, 5) is 22.4. The second-order valence-electron chi connectivity index (χ2n) is 10.8. The number of hydrogen-bond donors (Lipinski definition) is 0. The molecule has 9 heteroatoms. The first-order chi connectivity index (χ1) is 17.5. The maximum Gasteiger partial charge on any atom is 0.253 e. The zero-order valence-corrected chi connectivity index (χ0v) is 24.3. The second-order valence-corrected chi connectivity index (χ2v) is 13.8. The summed E-state index contributed by atoms with van der Waals surface area (Å²) in [5.41, 5.74) is 3.99. The summed E-state index contributed by atoms with van der Waals surface area (Å²) < 4.78 is 29.3. The molecule has 0 aliphatic carbocycles. The molecule has 0 bridgehead atoms. The van der Waals surface area contributed by atoms with Crippen molar-refractivity contribution in [2.45, 2.75) is 46.4 Å². The monoisotopic (exact) mass is 542 g/mol. The highest BCUT2D eigenvalue weighted by atomic mass is 32.2. The average molecular weight is 543 g/mol. The number of rotatable bonds is 8. The van der Waals surface area contributed by atoms with Crippen LogP contribution < -0.4 is 4.90 Å². The highest BCUT2D eigenvalue weighted by Gasteiger charge is 2.28. The van der Waals surface area contributed by atoms with Gasteiger partial charge in [-0.25, -0.2) is 13.4 Å². The molecule has 0 unspecified atom stereocenters. The van der Waals surface area contributed by atoms with Crippen LogP contribution in [0.25, 0.3) is 10.2 Å². The molecule has 0 atom stereocenters. The molecule has 1 saturated heterocycles. The Balaban J connectivity index is 1.42. The first-order valence-corrected chi connectivity index (χ1v) is 15.2. The zero-order chi connectivity index (χ0) is 26.9. The number of anilines is 1. The van der Waals surface area contributed by atoms with Gasteiger partial charge in [-0.1, -0.05) is 45.1 Å². The van der Waals surface area contributed by atoms with E-state index in [-0.39, 0.29) is 22.6 Å². The maximum absolute atomic E-state index is 13.3. The van der Waals surface area contributed by atoms with Gasteiger partial charge in [0.05, 0.1) is 15.1 Å². The summed E-state index contributed by atoms with van der Waals surface area (Å²) in [6.07, 6.45) is 0. The molecule has 1 aliphatic rings. The van der Waals surface area contributed by atoms with Crippen LogP contribution in [0.15, 0.2) is 41.3 Å². The van der Waals surface area contributed by atoms with Gasteiger partial charge in [-0.05, 0) is 67.1 Å². The standard InChI is InChI=1S/C28H38N4O3S2/c1-19(2)17-32(18-20(3)4)37(34,35)24-9-7-23(8-10-24)27(33)30-11-13-31(14-12-30)28-29-26-22(6)15-21(5)16-25(26)36-28/h7-10,15-16,19-20H,11-14,17-18H2,1-6H3. The highest BCUT2D eigenvalue weighted by molar-refractivity contribution is 7.89. The quantitative estimate of drug-likeness (QED) is 0.392. The lowest BCUT2D eigenvalue weighted by atomic mass is 10.1. The molecule has 0 spiro atoms. The Morgan fingerprint density at radius 3 is 2.14 bits per heavy atom.